The Kier molecular flexibility index (Phi) is 6.49. The Morgan fingerprint density at radius 3 is 2.75 bits per heavy atom. The SMILES string of the molecule is COCO[C@H]1C[C@@]2(C)C(CC[C@@]23OCO[C@@]32COCO2)C23CCC4=CC([NH2+]c5ccc(F)c(CF)c5)=C(C=N)C[C@]4(C)C12C3. The Balaban J connectivity index is 1.18. The van der Waals surface area contributed by atoms with Crippen molar-refractivity contribution in [3.05, 3.63) is 52.5 Å². The van der Waals surface area contributed by atoms with E-state index in [0.717, 1.165) is 61.9 Å². The van der Waals surface area contributed by atoms with E-state index in [4.69, 9.17) is 33.8 Å². The number of quaternary nitrogens is 1. The van der Waals surface area contributed by atoms with Gasteiger partial charge in [0.15, 0.2) is 13.6 Å². The first-order valence-corrected chi connectivity index (χ1v) is 15.9. The van der Waals surface area contributed by atoms with Gasteiger partial charge in [0.1, 0.15) is 42.9 Å². The quantitative estimate of drug-likeness (QED) is 0.251. The molecule has 0 radical (unpaired) electrons. The lowest BCUT2D eigenvalue weighted by atomic mass is 9.45. The number of fused-ring (bicyclic) bond motifs is 4. The number of allylic oxidation sites excluding steroid dienone is 3. The third-order valence-corrected chi connectivity index (χ3v) is 13.4. The average molecular weight is 614 g/mol. The maximum absolute atomic E-state index is 14.0. The van der Waals surface area contributed by atoms with Gasteiger partial charge in [-0.15, -0.1) is 0 Å². The number of rotatable bonds is 7. The number of hydrogen-bond acceptors (Lipinski definition) is 7. The second kappa shape index (κ2) is 9.73. The molecule has 8 atom stereocenters. The first kappa shape index (κ1) is 29.4. The van der Waals surface area contributed by atoms with E-state index >= 15 is 0 Å². The molecule has 5 aliphatic carbocycles. The summed E-state index contributed by atoms with van der Waals surface area (Å²) in [6, 6.07) is 4.56. The van der Waals surface area contributed by atoms with Crippen LogP contribution < -0.4 is 5.32 Å². The highest BCUT2D eigenvalue weighted by Gasteiger charge is 2.89. The fourth-order valence-electron chi connectivity index (χ4n) is 11.7. The Morgan fingerprint density at radius 2 is 2.00 bits per heavy atom. The van der Waals surface area contributed by atoms with Crippen molar-refractivity contribution >= 4 is 11.9 Å². The maximum Gasteiger partial charge on any atom is 0.226 e. The molecule has 10 heteroatoms. The normalized spacial score (nSPS) is 45.2. The Labute approximate surface area is 256 Å². The summed E-state index contributed by atoms with van der Waals surface area (Å²) >= 11 is 0. The molecule has 7 aliphatic rings. The highest BCUT2D eigenvalue weighted by atomic mass is 19.1. The number of hydrogen-bond donors (Lipinski definition) is 2. The number of halogens is 2. The van der Waals surface area contributed by atoms with Gasteiger partial charge >= 0.3 is 0 Å². The molecule has 3 unspecified atom stereocenters. The zero-order chi connectivity index (χ0) is 30.6. The van der Waals surface area contributed by atoms with Gasteiger partial charge in [0, 0.05) is 52.8 Å². The van der Waals surface area contributed by atoms with Gasteiger partial charge in [0.05, 0.1) is 6.10 Å². The zero-order valence-electron chi connectivity index (χ0n) is 25.8. The summed E-state index contributed by atoms with van der Waals surface area (Å²) in [5.74, 6) is -1.03. The van der Waals surface area contributed by atoms with E-state index in [2.05, 4.69) is 19.9 Å². The first-order chi connectivity index (χ1) is 21.2. The van der Waals surface area contributed by atoms with Crippen LogP contribution in [-0.4, -0.2) is 57.8 Å². The molecule has 8 nitrogen and oxygen atoms in total. The van der Waals surface area contributed by atoms with Crippen LogP contribution in [-0.2, 0) is 35.1 Å². The maximum atomic E-state index is 14.0. The second-order valence-electron chi connectivity index (χ2n) is 14.6. The van der Waals surface area contributed by atoms with E-state index in [1.807, 2.05) is 5.32 Å². The summed E-state index contributed by atoms with van der Waals surface area (Å²) in [6.07, 6.45) is 10.1. The molecular formula is C34H43F2N2O6+. The number of benzene rings is 1. The molecule has 2 aliphatic heterocycles. The van der Waals surface area contributed by atoms with Crippen LogP contribution in [0.1, 0.15) is 64.4 Å². The van der Waals surface area contributed by atoms with Crippen molar-refractivity contribution in [1.29, 1.82) is 5.41 Å². The standard InChI is InChI=1S/C34H42F2N2O6/c1-29-12-22(15-37)26(38-24-4-5-25(36)21(10-24)14-35)11-23(29)6-8-31-16-32(29,31)28(41-18-39-3)13-30(2)27(31)7-9-33(30)34(44-20-42-33)17-40-19-43-34/h4-5,10-11,15,27-28,37-38H,6-9,12-14,16-20H2,1-3H3/p+1/t27?,28-,29-,30-,31?,32?,33+,34-/m0/s1. The summed E-state index contributed by atoms with van der Waals surface area (Å²) in [5.41, 5.74) is 2.91. The summed E-state index contributed by atoms with van der Waals surface area (Å²) < 4.78 is 64.6. The molecular weight excluding hydrogens is 570 g/mol. The van der Waals surface area contributed by atoms with Crippen molar-refractivity contribution in [2.45, 2.75) is 83.0 Å². The minimum Gasteiger partial charge on any atom is -0.359 e. The van der Waals surface area contributed by atoms with Crippen LogP contribution >= 0.6 is 0 Å². The van der Waals surface area contributed by atoms with Crippen molar-refractivity contribution in [2.75, 3.05) is 34.1 Å². The monoisotopic (exact) mass is 613 g/mol. The van der Waals surface area contributed by atoms with Crippen LogP contribution in [0, 0.1) is 38.8 Å². The van der Waals surface area contributed by atoms with Gasteiger partial charge in [-0.25, -0.2) is 8.78 Å². The van der Waals surface area contributed by atoms with Crippen LogP contribution in [0.15, 0.2) is 41.1 Å². The van der Waals surface area contributed by atoms with Crippen LogP contribution in [0.4, 0.5) is 14.5 Å². The molecule has 8 rings (SSSR count). The highest BCUT2D eigenvalue weighted by Crippen LogP contribution is 2.91. The van der Waals surface area contributed by atoms with E-state index in [1.165, 1.54) is 17.9 Å². The number of nitrogens with one attached hydrogen (secondary N) is 1. The summed E-state index contributed by atoms with van der Waals surface area (Å²) in [7, 11) is 1.67. The molecule has 0 bridgehead atoms. The van der Waals surface area contributed by atoms with Crippen LogP contribution in [0.2, 0.25) is 0 Å². The lowest BCUT2D eigenvalue weighted by Gasteiger charge is -2.61. The smallest absolute Gasteiger partial charge is 0.226 e. The lowest BCUT2D eigenvalue weighted by molar-refractivity contribution is -0.513. The molecule has 2 saturated heterocycles. The Hall–Kier alpha value is -2.05. The van der Waals surface area contributed by atoms with E-state index in [-0.39, 0.29) is 53.7 Å². The molecule has 2 spiro atoms. The van der Waals surface area contributed by atoms with Gasteiger partial charge in [-0.3, -0.25) is 5.32 Å². The fourth-order valence-corrected chi connectivity index (χ4v) is 11.7. The summed E-state index contributed by atoms with van der Waals surface area (Å²) in [5, 5.41) is 10.4. The Bertz CT molecular complexity index is 1460. The largest absolute Gasteiger partial charge is 0.359 e. The van der Waals surface area contributed by atoms with Crippen molar-refractivity contribution in [2.24, 2.45) is 27.6 Å². The zero-order valence-corrected chi connectivity index (χ0v) is 25.8. The van der Waals surface area contributed by atoms with Crippen molar-refractivity contribution in [3.8, 4) is 0 Å². The van der Waals surface area contributed by atoms with Gasteiger partial charge in [0.2, 0.25) is 5.79 Å². The topological polar surface area (TPSA) is 95.8 Å². The van der Waals surface area contributed by atoms with E-state index in [9.17, 15) is 8.78 Å². The molecule has 1 aromatic carbocycles. The van der Waals surface area contributed by atoms with Crippen molar-refractivity contribution in [3.63, 3.8) is 0 Å². The lowest BCUT2D eigenvalue weighted by Crippen LogP contribution is -2.76. The van der Waals surface area contributed by atoms with Gasteiger partial charge < -0.3 is 33.8 Å². The van der Waals surface area contributed by atoms with Crippen LogP contribution in [0.3, 0.4) is 0 Å². The summed E-state index contributed by atoms with van der Waals surface area (Å²) in [6.45, 7) is 4.90. The van der Waals surface area contributed by atoms with Gasteiger partial charge in [-0.05, 0) is 68.4 Å². The van der Waals surface area contributed by atoms with E-state index < -0.39 is 23.9 Å². The molecule has 4 saturated carbocycles. The van der Waals surface area contributed by atoms with Gasteiger partial charge in [-0.2, -0.15) is 0 Å². The minimum absolute atomic E-state index is 0.0501. The molecule has 238 valence electrons. The molecule has 44 heavy (non-hydrogen) atoms. The van der Waals surface area contributed by atoms with Crippen molar-refractivity contribution in [1.82, 2.24) is 0 Å². The summed E-state index contributed by atoms with van der Waals surface area (Å²) in [4.78, 5) is 0. The third kappa shape index (κ3) is 3.38. The van der Waals surface area contributed by atoms with E-state index in [1.54, 1.807) is 19.2 Å². The molecule has 6 fully saturated rings. The average Bonchev–Trinajstić information content (AvgIpc) is 3.25. The van der Waals surface area contributed by atoms with Crippen molar-refractivity contribution < 1.29 is 42.5 Å². The van der Waals surface area contributed by atoms with Gasteiger partial charge in [0.25, 0.3) is 0 Å². The number of methoxy groups -OCH3 is 1. The fraction of sp³-hybridized carbons (Fsp3) is 0.676. The molecule has 1 aromatic rings. The molecule has 0 aromatic heterocycles. The Morgan fingerprint density at radius 1 is 1.16 bits per heavy atom. The minimum atomic E-state index is -0.897. The number of nitrogens with two attached hydrogens (primary N) is 1. The number of alkyl halides is 1. The predicted octanol–water partition coefficient (Wildman–Crippen LogP) is 5.15. The highest BCUT2D eigenvalue weighted by molar-refractivity contribution is 5.78. The van der Waals surface area contributed by atoms with Crippen LogP contribution in [0.5, 0.6) is 0 Å². The number of ether oxygens (including phenoxy) is 6. The predicted molar refractivity (Wildman–Crippen MR) is 155 cm³/mol. The molecule has 3 N–H and O–H groups in total. The molecule has 2 heterocycles. The third-order valence-electron chi connectivity index (χ3n) is 13.4. The van der Waals surface area contributed by atoms with Crippen LogP contribution in [0.25, 0.3) is 0 Å². The van der Waals surface area contributed by atoms with E-state index in [0.29, 0.717) is 12.5 Å². The second-order valence-corrected chi connectivity index (χ2v) is 14.6. The first-order valence-electron chi connectivity index (χ1n) is 15.9. The molecule has 0 amide bonds. The van der Waals surface area contributed by atoms with Gasteiger partial charge in [-0.1, -0.05) is 19.4 Å².